The first-order chi connectivity index (χ1) is 21.5. The third kappa shape index (κ3) is 5.41. The molecule has 1 N–H and O–H groups in total. The highest BCUT2D eigenvalue weighted by molar-refractivity contribution is 5.99. The molecular formula is C40H57NO4. The summed E-state index contributed by atoms with van der Waals surface area (Å²) in [7, 11) is 0. The number of carbonyl (C=O) groups excluding carboxylic acids is 2. The molecule has 0 aromatic heterocycles. The van der Waals surface area contributed by atoms with Gasteiger partial charge in [0.1, 0.15) is 5.60 Å². The zero-order valence-electron chi connectivity index (χ0n) is 28.4. The quantitative estimate of drug-likeness (QED) is 0.271. The van der Waals surface area contributed by atoms with Gasteiger partial charge in [-0.1, -0.05) is 63.8 Å². The molecule has 6 fully saturated rings. The topological polar surface area (TPSA) is 66.8 Å². The van der Waals surface area contributed by atoms with Gasteiger partial charge in [0, 0.05) is 23.4 Å². The van der Waals surface area contributed by atoms with E-state index >= 15 is 0 Å². The summed E-state index contributed by atoms with van der Waals surface area (Å²) in [4.78, 5) is 30.2. The fourth-order valence-corrected chi connectivity index (χ4v) is 11.2. The Bertz CT molecular complexity index is 1340. The van der Waals surface area contributed by atoms with Crippen LogP contribution in [0.25, 0.3) is 0 Å². The van der Waals surface area contributed by atoms with Crippen LogP contribution in [0.3, 0.4) is 0 Å². The zero-order valence-corrected chi connectivity index (χ0v) is 28.4. The molecule has 5 heteroatoms. The molecule has 9 rings (SSSR count). The molecule has 8 aliphatic rings. The molecule has 1 aromatic carbocycles. The molecular weight excluding hydrogens is 558 g/mol. The van der Waals surface area contributed by atoms with Gasteiger partial charge >= 0.3 is 6.09 Å². The van der Waals surface area contributed by atoms with Gasteiger partial charge in [-0.3, -0.25) is 4.79 Å². The summed E-state index contributed by atoms with van der Waals surface area (Å²) in [6.07, 6.45) is 16.9. The van der Waals surface area contributed by atoms with Crippen LogP contribution in [-0.2, 0) is 11.2 Å². The normalized spacial score (nSPS) is 38.3. The molecule has 1 amide bonds. The van der Waals surface area contributed by atoms with Gasteiger partial charge in [-0.25, -0.2) is 4.79 Å². The summed E-state index contributed by atoms with van der Waals surface area (Å²) >= 11 is 0. The Labute approximate surface area is 271 Å². The van der Waals surface area contributed by atoms with E-state index in [9.17, 15) is 14.7 Å². The van der Waals surface area contributed by atoms with E-state index < -0.39 is 11.7 Å². The fourth-order valence-electron chi connectivity index (χ4n) is 11.2. The van der Waals surface area contributed by atoms with E-state index in [-0.39, 0.29) is 23.3 Å². The van der Waals surface area contributed by atoms with Crippen molar-refractivity contribution in [3.05, 3.63) is 46.5 Å². The van der Waals surface area contributed by atoms with Gasteiger partial charge in [-0.2, -0.15) is 0 Å². The Kier molecular flexibility index (Phi) is 8.27. The standard InChI is InChI=1S/C40H57NO4/c1-26-9-8-19-39(4)34(18-20-40(39)25-41(37(44)45-40)24-29-14-15-30-23-35(29)38(30,2)3)32-17-13-27(21-31(42)16-12-26)22-33(32)36(43)28-10-6-5-7-11-28/h9,13,17,22,28-31,34-35,42H,5-8,10-12,14-16,18-21,23-25H2,1-4H3. The van der Waals surface area contributed by atoms with Crippen molar-refractivity contribution < 1.29 is 19.4 Å². The van der Waals surface area contributed by atoms with Gasteiger partial charge in [0.2, 0.25) is 0 Å². The molecule has 1 heterocycles. The second-order valence-corrected chi connectivity index (χ2v) is 17.1. The van der Waals surface area contributed by atoms with Gasteiger partial charge in [0.25, 0.3) is 0 Å². The molecule has 246 valence electrons. The Hall–Kier alpha value is -2.14. The number of rotatable bonds is 4. The number of nitrogens with zero attached hydrogens (tertiary/aromatic N) is 1. The molecule has 7 unspecified atom stereocenters. The van der Waals surface area contributed by atoms with E-state index in [2.05, 4.69) is 56.9 Å². The molecule has 45 heavy (non-hydrogen) atoms. The average molecular weight is 616 g/mol. The van der Waals surface area contributed by atoms with E-state index in [0.717, 1.165) is 93.4 Å². The zero-order chi connectivity index (χ0) is 31.6. The minimum Gasteiger partial charge on any atom is -0.440 e. The molecule has 7 atom stereocenters. The highest BCUT2D eigenvalue weighted by Gasteiger charge is 2.64. The predicted molar refractivity (Wildman–Crippen MR) is 178 cm³/mol. The van der Waals surface area contributed by atoms with Crippen molar-refractivity contribution in [1.29, 1.82) is 0 Å². The van der Waals surface area contributed by atoms with Crippen molar-refractivity contribution in [3.8, 4) is 0 Å². The highest BCUT2D eigenvalue weighted by atomic mass is 16.6. The first-order valence-electron chi connectivity index (χ1n) is 18.5. The molecule has 1 saturated heterocycles. The van der Waals surface area contributed by atoms with Crippen LogP contribution in [0, 0.1) is 34.5 Å². The Morgan fingerprint density at radius 1 is 1.02 bits per heavy atom. The fraction of sp³-hybridized carbons (Fsp3) is 0.750. The largest absolute Gasteiger partial charge is 0.440 e. The van der Waals surface area contributed by atoms with Crippen molar-refractivity contribution >= 4 is 11.9 Å². The van der Waals surface area contributed by atoms with Crippen LogP contribution < -0.4 is 0 Å². The maximum absolute atomic E-state index is 14.3. The first-order valence-corrected chi connectivity index (χ1v) is 18.5. The number of ketones is 1. The van der Waals surface area contributed by atoms with Crippen LogP contribution in [0.5, 0.6) is 0 Å². The van der Waals surface area contributed by atoms with Gasteiger partial charge in [0.05, 0.1) is 12.6 Å². The van der Waals surface area contributed by atoms with Crippen molar-refractivity contribution in [2.24, 2.45) is 34.5 Å². The van der Waals surface area contributed by atoms with Crippen LogP contribution in [0.15, 0.2) is 29.8 Å². The molecule has 0 radical (unpaired) electrons. The Balaban J connectivity index is 1.23. The summed E-state index contributed by atoms with van der Waals surface area (Å²) in [5, 5.41) is 10.9. The second-order valence-electron chi connectivity index (χ2n) is 17.1. The van der Waals surface area contributed by atoms with Gasteiger partial charge < -0.3 is 14.7 Å². The SMILES string of the molecule is CC1=CCCC2(C)C(CCC23CN(CC2CCC4CC2C4(C)C)C(=O)O3)c2ccc(cc2C(=O)C2CCCCC2)CC(O)CC1. The Morgan fingerprint density at radius 2 is 1.82 bits per heavy atom. The summed E-state index contributed by atoms with van der Waals surface area (Å²) in [6.45, 7) is 10.9. The maximum Gasteiger partial charge on any atom is 0.410 e. The lowest BCUT2D eigenvalue weighted by Crippen LogP contribution is -2.55. The number of hydrogen-bond acceptors (Lipinski definition) is 4. The molecule has 5 nitrogen and oxygen atoms in total. The van der Waals surface area contributed by atoms with E-state index in [1.165, 1.54) is 31.3 Å². The molecule has 1 spiro atoms. The smallest absolute Gasteiger partial charge is 0.410 e. The monoisotopic (exact) mass is 615 g/mol. The number of benzene rings is 1. The van der Waals surface area contributed by atoms with E-state index in [1.807, 2.05) is 0 Å². The number of aliphatic hydroxyl groups is 1. The van der Waals surface area contributed by atoms with E-state index in [1.54, 1.807) is 0 Å². The van der Waals surface area contributed by atoms with Crippen molar-refractivity contribution in [2.75, 3.05) is 13.1 Å². The van der Waals surface area contributed by atoms with Crippen LogP contribution in [0.2, 0.25) is 0 Å². The second kappa shape index (κ2) is 11.8. The average Bonchev–Trinajstić information content (AvgIpc) is 3.49. The highest BCUT2D eigenvalue weighted by Crippen LogP contribution is 2.64. The van der Waals surface area contributed by atoms with E-state index in [0.29, 0.717) is 36.0 Å². The van der Waals surface area contributed by atoms with Gasteiger partial charge in [-0.15, -0.1) is 0 Å². The van der Waals surface area contributed by atoms with Crippen molar-refractivity contribution in [3.63, 3.8) is 0 Å². The summed E-state index contributed by atoms with van der Waals surface area (Å²) < 4.78 is 6.65. The lowest BCUT2D eigenvalue weighted by atomic mass is 9.45. The molecule has 5 saturated carbocycles. The number of carbonyl (C=O) groups is 2. The summed E-state index contributed by atoms with van der Waals surface area (Å²) in [6, 6.07) is 6.53. The Morgan fingerprint density at radius 3 is 2.58 bits per heavy atom. The third-order valence-corrected chi connectivity index (χ3v) is 14.3. The van der Waals surface area contributed by atoms with Crippen LogP contribution >= 0.6 is 0 Å². The number of aliphatic hydroxyl groups excluding tert-OH is 1. The lowest BCUT2D eigenvalue weighted by Gasteiger charge is -2.60. The summed E-state index contributed by atoms with van der Waals surface area (Å²) in [5.74, 6) is 2.66. The molecule has 1 aromatic rings. The van der Waals surface area contributed by atoms with Crippen LogP contribution in [-0.4, -0.2) is 46.7 Å². The predicted octanol–water partition coefficient (Wildman–Crippen LogP) is 9.02. The number of allylic oxidation sites excluding steroid dienone is 2. The molecule has 1 aliphatic heterocycles. The van der Waals surface area contributed by atoms with Crippen molar-refractivity contribution in [2.45, 2.75) is 142 Å². The summed E-state index contributed by atoms with van der Waals surface area (Å²) in [5.41, 5.74) is 4.00. The minimum absolute atomic E-state index is 0.0920. The maximum atomic E-state index is 14.3. The molecule has 4 bridgehead atoms. The third-order valence-electron chi connectivity index (χ3n) is 14.3. The van der Waals surface area contributed by atoms with E-state index in [4.69, 9.17) is 4.74 Å². The van der Waals surface area contributed by atoms with Crippen molar-refractivity contribution in [1.82, 2.24) is 4.90 Å². The number of hydrogen-bond donors (Lipinski definition) is 1. The number of Topliss-reactive ketones (excluding diaryl/α,β-unsaturated/α-hetero) is 1. The number of ether oxygens (including phenoxy) is 1. The van der Waals surface area contributed by atoms with Crippen LogP contribution in [0.1, 0.15) is 145 Å². The molecule has 7 aliphatic carbocycles. The lowest BCUT2D eigenvalue weighted by molar-refractivity contribution is -0.109. The first kappa shape index (κ1) is 31.5. The minimum atomic E-state index is -0.542. The van der Waals surface area contributed by atoms with Gasteiger partial charge in [-0.05, 0) is 130 Å². The van der Waals surface area contributed by atoms with Crippen LogP contribution in [0.4, 0.5) is 4.79 Å². The van der Waals surface area contributed by atoms with Gasteiger partial charge in [0.15, 0.2) is 5.78 Å². The number of fused-ring (bicyclic) bond motifs is 10. The number of amides is 1.